The number of aliphatic hydroxyl groups excluding tert-OH is 1. The normalized spacial score (nSPS) is 12.8. The number of rotatable bonds is 2. The molecule has 0 radical (unpaired) electrons. The van der Waals surface area contributed by atoms with Crippen LogP contribution in [0, 0.1) is 11.6 Å². The lowest BCUT2D eigenvalue weighted by Crippen LogP contribution is -2.05. The number of benzene rings is 1. The van der Waals surface area contributed by atoms with Gasteiger partial charge in [0.1, 0.15) is 17.7 Å². The molecule has 0 bridgehead atoms. The van der Waals surface area contributed by atoms with Crippen LogP contribution in [0.15, 0.2) is 29.0 Å². The van der Waals surface area contributed by atoms with E-state index in [4.69, 9.17) is 0 Å². The third kappa shape index (κ3) is 2.23. The van der Waals surface area contributed by atoms with Gasteiger partial charge in [0.05, 0.1) is 16.2 Å². The molecule has 1 aromatic heterocycles. The van der Waals surface area contributed by atoms with Gasteiger partial charge in [0.2, 0.25) is 0 Å². The largest absolute Gasteiger partial charge is 0.383 e. The van der Waals surface area contributed by atoms with Gasteiger partial charge < -0.3 is 5.11 Å². The summed E-state index contributed by atoms with van der Waals surface area (Å²) >= 11 is 2.95. The Labute approximate surface area is 105 Å². The minimum absolute atomic E-state index is 0.108. The average Bonchev–Trinajstić information content (AvgIpc) is 2.71. The standard InChI is InChI=1S/C11H9BrF2N2O/c1-16-5-6(4-15-16)11(17)9-8(13)3-2-7(12)10(9)14/h2-5,11,17H,1H3. The third-order valence-electron chi connectivity index (χ3n) is 2.39. The summed E-state index contributed by atoms with van der Waals surface area (Å²) in [7, 11) is 1.66. The zero-order valence-corrected chi connectivity index (χ0v) is 10.4. The average molecular weight is 303 g/mol. The first-order chi connectivity index (χ1) is 8.00. The van der Waals surface area contributed by atoms with Gasteiger partial charge in [-0.3, -0.25) is 4.68 Å². The number of nitrogens with zero attached hydrogens (tertiary/aromatic N) is 2. The number of hydrogen-bond donors (Lipinski definition) is 1. The highest BCUT2D eigenvalue weighted by molar-refractivity contribution is 9.10. The summed E-state index contributed by atoms with van der Waals surface area (Å²) in [6, 6.07) is 2.35. The van der Waals surface area contributed by atoms with E-state index in [1.165, 1.54) is 23.1 Å². The second-order valence-electron chi connectivity index (χ2n) is 3.61. The maximum atomic E-state index is 13.7. The fourth-order valence-electron chi connectivity index (χ4n) is 1.54. The monoisotopic (exact) mass is 302 g/mol. The molecule has 3 nitrogen and oxygen atoms in total. The molecule has 0 aliphatic carbocycles. The second kappa shape index (κ2) is 4.54. The lowest BCUT2D eigenvalue weighted by atomic mass is 10.0. The van der Waals surface area contributed by atoms with Crippen LogP contribution in [0.5, 0.6) is 0 Å². The van der Waals surface area contributed by atoms with Crippen molar-refractivity contribution in [2.45, 2.75) is 6.10 Å². The molecule has 1 N–H and O–H groups in total. The number of aryl methyl sites for hydroxylation is 1. The molecule has 0 amide bonds. The van der Waals surface area contributed by atoms with E-state index < -0.39 is 17.7 Å². The highest BCUT2D eigenvalue weighted by atomic mass is 79.9. The van der Waals surface area contributed by atoms with Crippen molar-refractivity contribution in [1.82, 2.24) is 9.78 Å². The van der Waals surface area contributed by atoms with Crippen molar-refractivity contribution in [3.8, 4) is 0 Å². The van der Waals surface area contributed by atoms with E-state index in [-0.39, 0.29) is 10.0 Å². The first-order valence-electron chi connectivity index (χ1n) is 4.80. The Hall–Kier alpha value is -1.27. The Bertz CT molecular complexity index is 556. The molecule has 2 rings (SSSR count). The molecular weight excluding hydrogens is 294 g/mol. The highest BCUT2D eigenvalue weighted by Gasteiger charge is 2.22. The fourth-order valence-corrected chi connectivity index (χ4v) is 1.89. The Morgan fingerprint density at radius 3 is 2.71 bits per heavy atom. The van der Waals surface area contributed by atoms with Gasteiger partial charge in [-0.15, -0.1) is 0 Å². The molecule has 2 aromatic rings. The van der Waals surface area contributed by atoms with Crippen LogP contribution in [-0.4, -0.2) is 14.9 Å². The summed E-state index contributed by atoms with van der Waals surface area (Å²) in [5.74, 6) is -1.59. The Morgan fingerprint density at radius 1 is 1.41 bits per heavy atom. The smallest absolute Gasteiger partial charge is 0.146 e. The Balaban J connectivity index is 2.50. The molecule has 90 valence electrons. The predicted octanol–water partition coefficient (Wildman–Crippen LogP) is 2.54. The summed E-state index contributed by atoms with van der Waals surface area (Å²) in [6.45, 7) is 0. The van der Waals surface area contributed by atoms with Crippen LogP contribution in [0.3, 0.4) is 0 Å². The van der Waals surface area contributed by atoms with Crippen LogP contribution >= 0.6 is 15.9 Å². The molecule has 1 atom stereocenters. The maximum Gasteiger partial charge on any atom is 0.146 e. The molecule has 0 saturated heterocycles. The van der Waals surface area contributed by atoms with E-state index in [1.807, 2.05) is 0 Å². The van der Waals surface area contributed by atoms with Gasteiger partial charge >= 0.3 is 0 Å². The molecule has 0 saturated carbocycles. The number of aromatic nitrogens is 2. The van der Waals surface area contributed by atoms with E-state index in [0.29, 0.717) is 5.56 Å². The minimum Gasteiger partial charge on any atom is -0.383 e. The summed E-state index contributed by atoms with van der Waals surface area (Å²) in [6.07, 6.45) is 1.50. The quantitative estimate of drug-likeness (QED) is 0.866. The molecular formula is C11H9BrF2N2O. The summed E-state index contributed by atoms with van der Waals surface area (Å²) in [5.41, 5.74) is -0.0456. The molecule has 6 heteroatoms. The number of aliphatic hydroxyl groups is 1. The highest BCUT2D eigenvalue weighted by Crippen LogP contribution is 2.30. The van der Waals surface area contributed by atoms with Crippen molar-refractivity contribution in [2.75, 3.05) is 0 Å². The number of hydrogen-bond acceptors (Lipinski definition) is 2. The van der Waals surface area contributed by atoms with Gasteiger partial charge in [-0.25, -0.2) is 8.78 Å². The fraction of sp³-hybridized carbons (Fsp3) is 0.182. The van der Waals surface area contributed by atoms with E-state index in [9.17, 15) is 13.9 Å². The van der Waals surface area contributed by atoms with Crippen LogP contribution in [-0.2, 0) is 7.05 Å². The molecule has 0 aliphatic rings. The summed E-state index contributed by atoms with van der Waals surface area (Å²) < 4.78 is 28.8. The van der Waals surface area contributed by atoms with Gasteiger partial charge in [0.15, 0.2) is 0 Å². The van der Waals surface area contributed by atoms with Crippen molar-refractivity contribution >= 4 is 15.9 Å². The van der Waals surface area contributed by atoms with Gasteiger partial charge in [-0.05, 0) is 28.1 Å². The lowest BCUT2D eigenvalue weighted by Gasteiger charge is -2.12. The zero-order valence-electron chi connectivity index (χ0n) is 8.86. The summed E-state index contributed by atoms with van der Waals surface area (Å²) in [5, 5.41) is 13.8. The van der Waals surface area contributed by atoms with Crippen LogP contribution < -0.4 is 0 Å². The van der Waals surface area contributed by atoms with Crippen LogP contribution in [0.2, 0.25) is 0 Å². The van der Waals surface area contributed by atoms with Gasteiger partial charge in [0, 0.05) is 18.8 Å². The molecule has 1 aromatic carbocycles. The number of halogens is 3. The van der Waals surface area contributed by atoms with Crippen LogP contribution in [0.1, 0.15) is 17.2 Å². The van der Waals surface area contributed by atoms with Crippen molar-refractivity contribution in [2.24, 2.45) is 7.05 Å². The van der Waals surface area contributed by atoms with Crippen LogP contribution in [0.4, 0.5) is 8.78 Å². The molecule has 1 unspecified atom stereocenters. The van der Waals surface area contributed by atoms with Gasteiger partial charge in [0.25, 0.3) is 0 Å². The van der Waals surface area contributed by atoms with Crippen molar-refractivity contribution in [1.29, 1.82) is 0 Å². The molecule has 17 heavy (non-hydrogen) atoms. The molecule has 0 fully saturated rings. The first-order valence-corrected chi connectivity index (χ1v) is 5.60. The Morgan fingerprint density at radius 2 is 2.12 bits per heavy atom. The van der Waals surface area contributed by atoms with Crippen molar-refractivity contribution in [3.63, 3.8) is 0 Å². The minimum atomic E-state index is -1.37. The first kappa shape index (κ1) is 12.2. The van der Waals surface area contributed by atoms with E-state index in [0.717, 1.165) is 6.07 Å². The van der Waals surface area contributed by atoms with Crippen LogP contribution in [0.25, 0.3) is 0 Å². The molecule has 0 aliphatic heterocycles. The molecule has 0 spiro atoms. The summed E-state index contributed by atoms with van der Waals surface area (Å²) in [4.78, 5) is 0. The molecule has 1 heterocycles. The van der Waals surface area contributed by atoms with E-state index in [1.54, 1.807) is 7.05 Å². The lowest BCUT2D eigenvalue weighted by molar-refractivity contribution is 0.208. The SMILES string of the molecule is Cn1cc(C(O)c2c(F)ccc(Br)c2F)cn1. The van der Waals surface area contributed by atoms with Crippen molar-refractivity contribution in [3.05, 3.63) is 51.8 Å². The van der Waals surface area contributed by atoms with E-state index in [2.05, 4.69) is 21.0 Å². The van der Waals surface area contributed by atoms with Gasteiger partial charge in [-0.1, -0.05) is 0 Å². The topological polar surface area (TPSA) is 38.0 Å². The maximum absolute atomic E-state index is 13.7. The van der Waals surface area contributed by atoms with E-state index >= 15 is 0 Å². The second-order valence-corrected chi connectivity index (χ2v) is 4.46. The zero-order chi connectivity index (χ0) is 12.6. The van der Waals surface area contributed by atoms with Crippen molar-refractivity contribution < 1.29 is 13.9 Å². The van der Waals surface area contributed by atoms with Gasteiger partial charge in [-0.2, -0.15) is 5.10 Å². The predicted molar refractivity (Wildman–Crippen MR) is 61.3 cm³/mol. The third-order valence-corrected chi connectivity index (χ3v) is 3.01. The Kier molecular flexibility index (Phi) is 3.26.